The molecule has 6 heteroatoms. The second kappa shape index (κ2) is 16.3. The van der Waals surface area contributed by atoms with Crippen molar-refractivity contribution in [3.63, 3.8) is 0 Å². The molecule has 0 saturated carbocycles. The van der Waals surface area contributed by atoms with Crippen LogP contribution >= 0.6 is 0 Å². The molecule has 4 heterocycles. The molecule has 14 rings (SSSR count). The quantitative estimate of drug-likeness (QED) is 0.0966. The number of rotatable bonds is 7. The van der Waals surface area contributed by atoms with Crippen molar-refractivity contribution < 1.29 is 0 Å². The molecule has 14 aromatic rings. The average molecular weight is 909 g/mol. The first-order chi connectivity index (χ1) is 35.1. The van der Waals surface area contributed by atoms with Crippen molar-refractivity contribution in [1.29, 1.82) is 0 Å². The number of hydrogen-bond donors (Lipinski definition) is 1. The Hall–Kier alpha value is -9.52. The third kappa shape index (κ3) is 6.57. The van der Waals surface area contributed by atoms with Crippen molar-refractivity contribution in [3.8, 4) is 22.5 Å². The summed E-state index contributed by atoms with van der Waals surface area (Å²) in [6.07, 6.45) is 0. The zero-order chi connectivity index (χ0) is 47.0. The van der Waals surface area contributed by atoms with Crippen LogP contribution < -0.4 is 5.73 Å². The van der Waals surface area contributed by atoms with E-state index in [1.165, 1.54) is 70.7 Å². The number of hydrogen-bond acceptors (Lipinski definition) is 1. The summed E-state index contributed by atoms with van der Waals surface area (Å²) < 4.78 is 7.24. The zero-order valence-corrected chi connectivity index (χ0v) is 38.6. The van der Waals surface area contributed by atoms with Crippen LogP contribution in [0, 0.1) is 0 Å². The van der Waals surface area contributed by atoms with Gasteiger partial charge in [-0.2, -0.15) is 0 Å². The average Bonchev–Trinajstić information content (AvgIpc) is 4.11. The van der Waals surface area contributed by atoms with Gasteiger partial charge in [0.05, 0.1) is 45.2 Å². The minimum atomic E-state index is 0.396. The molecular formula is C65H44N6. The van der Waals surface area contributed by atoms with E-state index in [0.29, 0.717) is 18.2 Å². The molecule has 10 aromatic carbocycles. The number of para-hydroxylation sites is 3. The van der Waals surface area contributed by atoms with Gasteiger partial charge in [0.15, 0.2) is 5.84 Å². The minimum Gasteiger partial charge on any atom is -0.383 e. The van der Waals surface area contributed by atoms with E-state index < -0.39 is 0 Å². The molecule has 0 radical (unpaired) electrons. The van der Waals surface area contributed by atoms with Gasteiger partial charge in [0.25, 0.3) is 0 Å². The van der Waals surface area contributed by atoms with E-state index in [1.807, 2.05) is 54.6 Å². The Balaban J connectivity index is 0.991. The number of nitrogens with zero attached hydrogens (tertiary/aromatic N) is 5. The number of fused-ring (bicyclic) bond motifs is 15. The number of amidine groups is 2. The summed E-state index contributed by atoms with van der Waals surface area (Å²) in [6.45, 7) is 0.489. The normalized spacial score (nSPS) is 12.5. The molecule has 0 bridgehead atoms. The molecule has 0 unspecified atom stereocenters. The summed E-state index contributed by atoms with van der Waals surface area (Å²) in [7, 11) is 0. The van der Waals surface area contributed by atoms with Gasteiger partial charge in [-0.3, -0.25) is 4.99 Å². The van der Waals surface area contributed by atoms with E-state index in [0.717, 1.165) is 50.2 Å². The maximum atomic E-state index is 7.04. The van der Waals surface area contributed by atoms with Crippen molar-refractivity contribution in [3.05, 3.63) is 259 Å². The Bertz CT molecular complexity index is 4480. The molecule has 0 aliphatic heterocycles. The number of aromatic nitrogens is 3. The Morgan fingerprint density at radius 2 is 0.873 bits per heavy atom. The number of nitrogens with two attached hydrogens (primary N) is 1. The van der Waals surface area contributed by atoms with E-state index in [9.17, 15) is 0 Å². The molecule has 0 fully saturated rings. The zero-order valence-electron chi connectivity index (χ0n) is 38.6. The van der Waals surface area contributed by atoms with Gasteiger partial charge in [-0.1, -0.05) is 170 Å². The fourth-order valence-electron chi connectivity index (χ4n) is 11.1. The summed E-state index contributed by atoms with van der Waals surface area (Å²) in [6, 6.07) is 86.6. The van der Waals surface area contributed by atoms with E-state index in [1.54, 1.807) is 0 Å². The smallest absolute Gasteiger partial charge is 0.157 e. The fraction of sp³-hybridized carbons (Fsp3) is 0.0154. The van der Waals surface area contributed by atoms with Crippen LogP contribution in [0.15, 0.2) is 253 Å². The summed E-state index contributed by atoms with van der Waals surface area (Å²) in [5.41, 5.74) is 22.4. The summed E-state index contributed by atoms with van der Waals surface area (Å²) >= 11 is 0. The summed E-state index contributed by atoms with van der Waals surface area (Å²) in [5, 5.41) is 9.66. The van der Waals surface area contributed by atoms with Crippen LogP contribution in [0.25, 0.3) is 104 Å². The molecule has 0 aliphatic carbocycles. The lowest BCUT2D eigenvalue weighted by Gasteiger charge is -2.12. The van der Waals surface area contributed by atoms with Crippen molar-refractivity contribution in [1.82, 2.24) is 13.5 Å². The highest BCUT2D eigenvalue weighted by molar-refractivity contribution is 6.23. The predicted molar refractivity (Wildman–Crippen MR) is 298 cm³/mol. The molecule has 0 aliphatic rings. The fourth-order valence-corrected chi connectivity index (χ4v) is 11.1. The van der Waals surface area contributed by atoms with Crippen LogP contribution in [0.4, 0.5) is 0 Å². The first-order valence-corrected chi connectivity index (χ1v) is 24.1. The third-order valence-electron chi connectivity index (χ3n) is 14.3. The highest BCUT2D eigenvalue weighted by Gasteiger charge is 2.21. The Morgan fingerprint density at radius 1 is 0.352 bits per heavy atom. The van der Waals surface area contributed by atoms with Gasteiger partial charge < -0.3 is 19.3 Å². The predicted octanol–water partition coefficient (Wildman–Crippen LogP) is 15.6. The molecule has 0 atom stereocenters. The van der Waals surface area contributed by atoms with Crippen LogP contribution in [0.3, 0.4) is 0 Å². The maximum absolute atomic E-state index is 7.04. The second-order valence-corrected chi connectivity index (χ2v) is 18.3. The third-order valence-corrected chi connectivity index (χ3v) is 14.3. The van der Waals surface area contributed by atoms with Crippen LogP contribution in [-0.4, -0.2) is 25.2 Å². The highest BCUT2D eigenvalue weighted by Crippen LogP contribution is 2.43. The Labute approximate surface area is 409 Å². The van der Waals surface area contributed by atoms with E-state index >= 15 is 0 Å². The van der Waals surface area contributed by atoms with Gasteiger partial charge in [-0.05, 0) is 94.9 Å². The molecule has 0 saturated heterocycles. The van der Waals surface area contributed by atoms with Gasteiger partial charge in [-0.25, -0.2) is 4.99 Å². The lowest BCUT2D eigenvalue weighted by molar-refractivity contribution is 1.06. The first-order valence-electron chi connectivity index (χ1n) is 24.1. The lowest BCUT2D eigenvalue weighted by Crippen LogP contribution is -2.17. The van der Waals surface area contributed by atoms with Gasteiger partial charge >= 0.3 is 0 Å². The van der Waals surface area contributed by atoms with Crippen molar-refractivity contribution in [2.75, 3.05) is 0 Å². The molecule has 334 valence electrons. The minimum absolute atomic E-state index is 0.396. The van der Waals surface area contributed by atoms with Gasteiger partial charge in [0.2, 0.25) is 0 Å². The highest BCUT2D eigenvalue weighted by atomic mass is 15.0. The summed E-state index contributed by atoms with van der Waals surface area (Å²) in [5.74, 6) is 0.985. The second-order valence-electron chi connectivity index (χ2n) is 18.3. The summed E-state index contributed by atoms with van der Waals surface area (Å²) in [4.78, 5) is 10.1. The molecule has 0 spiro atoms. The molecule has 0 amide bonds. The van der Waals surface area contributed by atoms with Crippen molar-refractivity contribution in [2.45, 2.75) is 6.54 Å². The molecule has 71 heavy (non-hydrogen) atoms. The van der Waals surface area contributed by atoms with E-state index in [-0.39, 0.29) is 0 Å². The largest absolute Gasteiger partial charge is 0.383 e. The topological polar surface area (TPSA) is 65.0 Å². The number of aliphatic imine (C=N–C) groups is 2. The molecular weight excluding hydrogens is 865 g/mol. The molecule has 4 aromatic heterocycles. The van der Waals surface area contributed by atoms with Crippen LogP contribution in [0.2, 0.25) is 0 Å². The van der Waals surface area contributed by atoms with Crippen molar-refractivity contribution in [2.24, 2.45) is 15.7 Å². The van der Waals surface area contributed by atoms with Crippen LogP contribution in [-0.2, 0) is 6.54 Å². The lowest BCUT2D eigenvalue weighted by atomic mass is 10.0. The Kier molecular flexibility index (Phi) is 9.32. The van der Waals surface area contributed by atoms with Gasteiger partial charge in [-0.15, -0.1) is 0 Å². The standard InChI is InChI=1S/C65H44N6/c66-64(68-65(43-19-6-2-7-20-43)67-41-42-17-4-1-5-18-42)46-21-16-24-48(37-46)70-60-35-32-45(44-31-34-59-54(38-44)52-28-13-14-29-57(52)69(59)47-22-8-3-9-23-47)39-55(60)53-33-36-61-56(63(53)70)40-62-51-27-11-10-25-49(51)50-26-12-15-30-58(50)71(61)62/h1-40H,41H2,(H2,66,67,68). The van der Waals surface area contributed by atoms with E-state index in [2.05, 4.69) is 202 Å². The number of pyridine rings is 1. The van der Waals surface area contributed by atoms with Crippen molar-refractivity contribution >= 4 is 93.4 Å². The number of benzene rings is 10. The van der Waals surface area contributed by atoms with E-state index in [4.69, 9.17) is 15.7 Å². The Morgan fingerprint density at radius 3 is 1.61 bits per heavy atom. The molecule has 2 N–H and O–H groups in total. The molecule has 6 nitrogen and oxygen atoms in total. The van der Waals surface area contributed by atoms with Gasteiger partial charge in [0, 0.05) is 60.2 Å². The van der Waals surface area contributed by atoms with Crippen LogP contribution in [0.5, 0.6) is 0 Å². The first kappa shape index (κ1) is 40.5. The SMILES string of the molecule is NC(=NC(=NCc1ccccc1)c1ccccc1)c1cccc(-n2c3ccc(-c4ccc5c(c4)c4ccccc4n5-c4ccccc4)cc3c3ccc4c(cc5c6ccccc6c6ccccc6n54)c32)c1. The van der Waals surface area contributed by atoms with Gasteiger partial charge in [0.1, 0.15) is 5.84 Å². The monoisotopic (exact) mass is 908 g/mol. The maximum Gasteiger partial charge on any atom is 0.157 e. The van der Waals surface area contributed by atoms with Crippen LogP contribution in [0.1, 0.15) is 16.7 Å².